The van der Waals surface area contributed by atoms with Crippen LogP contribution in [-0.4, -0.2) is 38.0 Å². The number of carbonyl (C=O) groups is 1. The van der Waals surface area contributed by atoms with Gasteiger partial charge in [-0.15, -0.1) is 0 Å². The van der Waals surface area contributed by atoms with Crippen molar-refractivity contribution in [1.82, 2.24) is 0 Å². The van der Waals surface area contributed by atoms with Gasteiger partial charge in [0.25, 0.3) is 0 Å². The molecule has 1 aromatic rings. The van der Waals surface area contributed by atoms with Gasteiger partial charge in [0.15, 0.2) is 0 Å². The lowest BCUT2D eigenvalue weighted by Gasteiger charge is -2.28. The van der Waals surface area contributed by atoms with Crippen molar-refractivity contribution in [2.45, 2.75) is 25.2 Å². The van der Waals surface area contributed by atoms with E-state index in [1.54, 1.807) is 7.11 Å². The second-order valence-corrected chi connectivity index (χ2v) is 4.46. The summed E-state index contributed by atoms with van der Waals surface area (Å²) >= 11 is 0. The van der Waals surface area contributed by atoms with Crippen molar-refractivity contribution in [2.24, 2.45) is 0 Å². The minimum Gasteiger partial charge on any atom is -0.481 e. The van der Waals surface area contributed by atoms with Gasteiger partial charge in [-0.05, 0) is 18.4 Å². The molecule has 1 atom stereocenters. The predicted molar refractivity (Wildman–Crippen MR) is 73.4 cm³/mol. The molecule has 4 heteroatoms. The van der Waals surface area contributed by atoms with Crippen molar-refractivity contribution in [2.75, 3.05) is 26.9 Å². The van der Waals surface area contributed by atoms with Gasteiger partial charge in [-0.3, -0.25) is 4.79 Å². The van der Waals surface area contributed by atoms with E-state index in [4.69, 9.17) is 9.47 Å². The first-order valence-corrected chi connectivity index (χ1v) is 6.53. The van der Waals surface area contributed by atoms with Gasteiger partial charge in [-0.1, -0.05) is 37.3 Å². The number of carboxylic acid groups (broad SMARTS) is 1. The van der Waals surface area contributed by atoms with E-state index >= 15 is 0 Å². The third-order valence-corrected chi connectivity index (χ3v) is 3.44. The predicted octanol–water partition coefficient (Wildman–Crippen LogP) is 2.47. The lowest BCUT2D eigenvalue weighted by molar-refractivity contribution is -0.145. The molecule has 0 amide bonds. The molecule has 1 N–H and O–H groups in total. The molecule has 106 valence electrons. The van der Waals surface area contributed by atoms with E-state index in [1.165, 1.54) is 0 Å². The normalized spacial score (nSPS) is 14.0. The fourth-order valence-corrected chi connectivity index (χ4v) is 2.15. The molecular weight excluding hydrogens is 244 g/mol. The molecule has 0 aliphatic rings. The second kappa shape index (κ2) is 7.92. The largest absolute Gasteiger partial charge is 0.481 e. The van der Waals surface area contributed by atoms with Crippen LogP contribution in [0.5, 0.6) is 0 Å². The Kier molecular flexibility index (Phi) is 6.53. The summed E-state index contributed by atoms with van der Waals surface area (Å²) in [6, 6.07) is 9.36. The van der Waals surface area contributed by atoms with E-state index in [0.29, 0.717) is 32.7 Å². The SMILES string of the molecule is CCC(CCOCCOC)(C(=O)O)c1ccccc1. The molecule has 0 bridgehead atoms. The monoisotopic (exact) mass is 266 g/mol. The van der Waals surface area contributed by atoms with Gasteiger partial charge in [-0.25, -0.2) is 0 Å². The van der Waals surface area contributed by atoms with Gasteiger partial charge < -0.3 is 14.6 Å². The zero-order chi connectivity index (χ0) is 14.1. The molecule has 1 aromatic carbocycles. The third kappa shape index (κ3) is 4.04. The number of aliphatic carboxylic acids is 1. The van der Waals surface area contributed by atoms with Gasteiger partial charge in [-0.2, -0.15) is 0 Å². The summed E-state index contributed by atoms with van der Waals surface area (Å²) in [5.41, 5.74) is -0.0331. The molecule has 4 nitrogen and oxygen atoms in total. The highest BCUT2D eigenvalue weighted by molar-refractivity contribution is 5.81. The average Bonchev–Trinajstić information content (AvgIpc) is 2.44. The number of rotatable bonds is 9. The first-order chi connectivity index (χ1) is 9.17. The molecule has 1 rings (SSSR count). The fraction of sp³-hybridized carbons (Fsp3) is 0.533. The minimum absolute atomic E-state index is 0.415. The Hall–Kier alpha value is -1.39. The van der Waals surface area contributed by atoms with E-state index < -0.39 is 11.4 Å². The van der Waals surface area contributed by atoms with E-state index in [1.807, 2.05) is 37.3 Å². The number of methoxy groups -OCH3 is 1. The number of hydrogen-bond donors (Lipinski definition) is 1. The topological polar surface area (TPSA) is 55.8 Å². The highest BCUT2D eigenvalue weighted by Crippen LogP contribution is 2.32. The van der Waals surface area contributed by atoms with Crippen molar-refractivity contribution in [1.29, 1.82) is 0 Å². The van der Waals surface area contributed by atoms with Crippen molar-refractivity contribution < 1.29 is 19.4 Å². The zero-order valence-corrected chi connectivity index (χ0v) is 11.6. The van der Waals surface area contributed by atoms with Crippen molar-refractivity contribution in [3.63, 3.8) is 0 Å². The number of ether oxygens (including phenoxy) is 2. The van der Waals surface area contributed by atoms with Crippen LogP contribution in [0.1, 0.15) is 25.3 Å². The maximum absolute atomic E-state index is 11.7. The molecule has 0 fully saturated rings. The second-order valence-electron chi connectivity index (χ2n) is 4.46. The van der Waals surface area contributed by atoms with E-state index in [-0.39, 0.29) is 0 Å². The van der Waals surface area contributed by atoms with Crippen LogP contribution in [0.3, 0.4) is 0 Å². The van der Waals surface area contributed by atoms with Gasteiger partial charge in [0.1, 0.15) is 0 Å². The minimum atomic E-state index is -0.867. The van der Waals surface area contributed by atoms with Crippen LogP contribution in [0, 0.1) is 0 Å². The van der Waals surface area contributed by atoms with Gasteiger partial charge in [0.2, 0.25) is 0 Å². The molecule has 19 heavy (non-hydrogen) atoms. The van der Waals surface area contributed by atoms with Crippen molar-refractivity contribution >= 4 is 5.97 Å². The van der Waals surface area contributed by atoms with E-state index in [2.05, 4.69) is 0 Å². The molecule has 0 saturated heterocycles. The highest BCUT2D eigenvalue weighted by atomic mass is 16.5. The van der Waals surface area contributed by atoms with Crippen LogP contribution in [-0.2, 0) is 19.7 Å². The summed E-state index contributed by atoms with van der Waals surface area (Å²) in [5.74, 6) is -0.795. The summed E-state index contributed by atoms with van der Waals surface area (Å²) in [6.45, 7) is 3.33. The summed E-state index contributed by atoms with van der Waals surface area (Å²) in [6.07, 6.45) is 1.01. The molecule has 0 aliphatic heterocycles. The van der Waals surface area contributed by atoms with Crippen LogP contribution < -0.4 is 0 Å². The van der Waals surface area contributed by atoms with Crippen LogP contribution in [0.2, 0.25) is 0 Å². The fourth-order valence-electron chi connectivity index (χ4n) is 2.15. The highest BCUT2D eigenvalue weighted by Gasteiger charge is 2.38. The Balaban J connectivity index is 2.74. The van der Waals surface area contributed by atoms with Gasteiger partial charge in [0.05, 0.1) is 18.6 Å². The summed E-state index contributed by atoms with van der Waals surface area (Å²) < 4.78 is 10.3. The maximum Gasteiger partial charge on any atom is 0.314 e. The van der Waals surface area contributed by atoms with Gasteiger partial charge in [0, 0.05) is 13.7 Å². The number of hydrogen-bond acceptors (Lipinski definition) is 3. The zero-order valence-electron chi connectivity index (χ0n) is 11.6. The summed E-state index contributed by atoms with van der Waals surface area (Å²) in [4.78, 5) is 11.7. The maximum atomic E-state index is 11.7. The molecule has 0 radical (unpaired) electrons. The van der Waals surface area contributed by atoms with Crippen molar-refractivity contribution in [3.8, 4) is 0 Å². The molecule has 0 heterocycles. The molecule has 1 unspecified atom stereocenters. The summed E-state index contributed by atoms with van der Waals surface area (Å²) in [5, 5.41) is 9.60. The molecular formula is C15H22O4. The summed E-state index contributed by atoms with van der Waals surface area (Å²) in [7, 11) is 1.61. The lowest BCUT2D eigenvalue weighted by atomic mass is 9.75. The standard InChI is InChI=1S/C15H22O4/c1-3-15(14(16)17,9-10-19-12-11-18-2)13-7-5-4-6-8-13/h4-8H,3,9-12H2,1-2H3,(H,16,17). The van der Waals surface area contributed by atoms with E-state index in [9.17, 15) is 9.90 Å². The molecule has 0 saturated carbocycles. The first kappa shape index (κ1) is 15.7. The lowest BCUT2D eigenvalue weighted by Crippen LogP contribution is -2.36. The van der Waals surface area contributed by atoms with Crippen LogP contribution in [0.4, 0.5) is 0 Å². The smallest absolute Gasteiger partial charge is 0.314 e. The molecule has 0 aliphatic carbocycles. The van der Waals surface area contributed by atoms with Crippen LogP contribution >= 0.6 is 0 Å². The quantitative estimate of drug-likeness (QED) is 0.698. The Labute approximate surface area is 114 Å². The van der Waals surface area contributed by atoms with Crippen LogP contribution in [0.25, 0.3) is 0 Å². The molecule has 0 aromatic heterocycles. The Morgan fingerprint density at radius 1 is 1.21 bits per heavy atom. The first-order valence-electron chi connectivity index (χ1n) is 6.53. The third-order valence-electron chi connectivity index (χ3n) is 3.44. The number of carboxylic acids is 1. The van der Waals surface area contributed by atoms with E-state index in [0.717, 1.165) is 5.56 Å². The van der Waals surface area contributed by atoms with Crippen LogP contribution in [0.15, 0.2) is 30.3 Å². The average molecular weight is 266 g/mol. The Morgan fingerprint density at radius 3 is 2.42 bits per heavy atom. The molecule has 0 spiro atoms. The van der Waals surface area contributed by atoms with Gasteiger partial charge >= 0.3 is 5.97 Å². The van der Waals surface area contributed by atoms with Crippen molar-refractivity contribution in [3.05, 3.63) is 35.9 Å². The Bertz CT molecular complexity index is 377. The Morgan fingerprint density at radius 2 is 1.89 bits per heavy atom. The number of benzene rings is 1.